The largest absolute Gasteiger partial charge is 0.299 e. The van der Waals surface area contributed by atoms with Gasteiger partial charge in [-0.1, -0.05) is 13.8 Å². The number of carbonyl (C=O) groups is 1. The standard InChI is InChI=1S/C11H19NOS/c1-8-5-12(4-3-11(8)13)10-7-14-6-9(10)2/h8-10H,3-7H2,1-2H3. The minimum Gasteiger partial charge on any atom is -0.299 e. The van der Waals surface area contributed by atoms with Crippen molar-refractivity contribution in [2.24, 2.45) is 11.8 Å². The fourth-order valence-corrected chi connectivity index (χ4v) is 3.97. The van der Waals surface area contributed by atoms with Gasteiger partial charge in [0.05, 0.1) is 0 Å². The van der Waals surface area contributed by atoms with Crippen molar-refractivity contribution in [2.45, 2.75) is 26.3 Å². The zero-order chi connectivity index (χ0) is 10.1. The lowest BCUT2D eigenvalue weighted by atomic mass is 9.95. The van der Waals surface area contributed by atoms with Gasteiger partial charge in [0.1, 0.15) is 5.78 Å². The van der Waals surface area contributed by atoms with Crippen LogP contribution in [-0.4, -0.2) is 41.3 Å². The second-order valence-electron chi connectivity index (χ2n) is 4.69. The number of hydrogen-bond acceptors (Lipinski definition) is 3. The third-order valence-electron chi connectivity index (χ3n) is 3.50. The predicted molar refractivity (Wildman–Crippen MR) is 60.6 cm³/mol. The first kappa shape index (κ1) is 10.5. The van der Waals surface area contributed by atoms with Crippen LogP contribution < -0.4 is 0 Å². The van der Waals surface area contributed by atoms with Crippen LogP contribution in [0.25, 0.3) is 0 Å². The van der Waals surface area contributed by atoms with Crippen molar-refractivity contribution in [1.82, 2.24) is 4.90 Å². The molecule has 0 spiro atoms. The molecule has 0 aromatic rings. The number of rotatable bonds is 1. The summed E-state index contributed by atoms with van der Waals surface area (Å²) in [7, 11) is 0. The van der Waals surface area contributed by atoms with Crippen LogP contribution in [0, 0.1) is 11.8 Å². The highest BCUT2D eigenvalue weighted by Gasteiger charge is 2.33. The fourth-order valence-electron chi connectivity index (χ4n) is 2.46. The molecule has 3 unspecified atom stereocenters. The molecular weight excluding hydrogens is 194 g/mol. The molecule has 0 aromatic heterocycles. The van der Waals surface area contributed by atoms with Gasteiger partial charge in [0, 0.05) is 37.2 Å². The van der Waals surface area contributed by atoms with Gasteiger partial charge in [0.2, 0.25) is 0 Å². The molecule has 2 heterocycles. The molecule has 0 aliphatic carbocycles. The van der Waals surface area contributed by atoms with E-state index in [1.807, 2.05) is 0 Å². The monoisotopic (exact) mass is 213 g/mol. The lowest BCUT2D eigenvalue weighted by molar-refractivity contribution is -0.126. The molecule has 2 rings (SSSR count). The molecule has 80 valence electrons. The lowest BCUT2D eigenvalue weighted by Crippen LogP contribution is -2.47. The molecule has 0 radical (unpaired) electrons. The second-order valence-corrected chi connectivity index (χ2v) is 5.77. The van der Waals surface area contributed by atoms with Crippen molar-refractivity contribution < 1.29 is 4.79 Å². The number of ketones is 1. The smallest absolute Gasteiger partial charge is 0.138 e. The molecule has 3 heteroatoms. The van der Waals surface area contributed by atoms with Gasteiger partial charge < -0.3 is 0 Å². The average molecular weight is 213 g/mol. The van der Waals surface area contributed by atoms with E-state index >= 15 is 0 Å². The van der Waals surface area contributed by atoms with Gasteiger partial charge in [-0.3, -0.25) is 9.69 Å². The van der Waals surface area contributed by atoms with E-state index in [-0.39, 0.29) is 5.92 Å². The molecule has 0 bridgehead atoms. The normalized spacial score (nSPS) is 40.4. The Morgan fingerprint density at radius 3 is 2.71 bits per heavy atom. The van der Waals surface area contributed by atoms with Crippen LogP contribution in [0.1, 0.15) is 20.3 Å². The van der Waals surface area contributed by atoms with Crippen LogP contribution in [0.4, 0.5) is 0 Å². The lowest BCUT2D eigenvalue weighted by Gasteiger charge is -2.36. The Hall–Kier alpha value is -0.0200. The van der Waals surface area contributed by atoms with Gasteiger partial charge >= 0.3 is 0 Å². The minimum atomic E-state index is 0.265. The van der Waals surface area contributed by atoms with E-state index < -0.39 is 0 Å². The van der Waals surface area contributed by atoms with Crippen molar-refractivity contribution in [3.05, 3.63) is 0 Å². The molecule has 0 saturated carbocycles. The summed E-state index contributed by atoms with van der Waals surface area (Å²) in [5.74, 6) is 4.09. The number of Topliss-reactive ketones (excluding diaryl/α,β-unsaturated/α-hetero) is 1. The van der Waals surface area contributed by atoms with Crippen molar-refractivity contribution >= 4 is 17.5 Å². The topological polar surface area (TPSA) is 20.3 Å². The number of likely N-dealkylation sites (tertiary alicyclic amines) is 1. The van der Waals surface area contributed by atoms with Gasteiger partial charge in [0.25, 0.3) is 0 Å². The summed E-state index contributed by atoms with van der Waals surface area (Å²) in [5.41, 5.74) is 0. The minimum absolute atomic E-state index is 0.265. The first-order valence-corrected chi connectivity index (χ1v) is 6.68. The van der Waals surface area contributed by atoms with Gasteiger partial charge in [-0.05, 0) is 11.7 Å². The summed E-state index contributed by atoms with van der Waals surface area (Å²) in [6, 6.07) is 0.732. The zero-order valence-electron chi connectivity index (χ0n) is 9.03. The van der Waals surface area contributed by atoms with Crippen LogP contribution in [-0.2, 0) is 4.79 Å². The summed E-state index contributed by atoms with van der Waals surface area (Å²) in [5, 5.41) is 0. The Morgan fingerprint density at radius 1 is 1.36 bits per heavy atom. The van der Waals surface area contributed by atoms with Gasteiger partial charge in [-0.15, -0.1) is 0 Å². The average Bonchev–Trinajstić information content (AvgIpc) is 2.57. The Morgan fingerprint density at radius 2 is 2.14 bits per heavy atom. The van der Waals surface area contributed by atoms with Crippen LogP contribution in [0.3, 0.4) is 0 Å². The SMILES string of the molecule is CC1CN(C2CSCC2C)CCC1=O. The maximum atomic E-state index is 11.4. The third-order valence-corrected chi connectivity index (χ3v) is 4.84. The summed E-state index contributed by atoms with van der Waals surface area (Å²) >= 11 is 2.06. The Balaban J connectivity index is 1.95. The van der Waals surface area contributed by atoms with Crippen LogP contribution in [0.5, 0.6) is 0 Å². The molecule has 3 atom stereocenters. The molecule has 0 amide bonds. The third kappa shape index (κ3) is 1.98. The number of thioether (sulfide) groups is 1. The zero-order valence-corrected chi connectivity index (χ0v) is 9.85. The van der Waals surface area contributed by atoms with Crippen LogP contribution in [0.15, 0.2) is 0 Å². The molecule has 0 N–H and O–H groups in total. The second kappa shape index (κ2) is 4.23. The highest BCUT2D eigenvalue weighted by molar-refractivity contribution is 7.99. The molecule has 2 aliphatic heterocycles. The van der Waals surface area contributed by atoms with Crippen LogP contribution >= 0.6 is 11.8 Å². The van der Waals surface area contributed by atoms with Crippen molar-refractivity contribution in [1.29, 1.82) is 0 Å². The highest BCUT2D eigenvalue weighted by atomic mass is 32.2. The first-order chi connectivity index (χ1) is 6.68. The van der Waals surface area contributed by atoms with Gasteiger partial charge in [0.15, 0.2) is 0 Å². The van der Waals surface area contributed by atoms with E-state index in [9.17, 15) is 4.79 Å². The molecule has 2 nitrogen and oxygen atoms in total. The fraction of sp³-hybridized carbons (Fsp3) is 0.909. The predicted octanol–water partition coefficient (Wildman–Crippen LogP) is 1.65. The van der Waals surface area contributed by atoms with Gasteiger partial charge in [-0.25, -0.2) is 0 Å². The number of nitrogens with zero attached hydrogens (tertiary/aromatic N) is 1. The Labute approximate surface area is 90.4 Å². The van der Waals surface area contributed by atoms with Crippen LogP contribution in [0.2, 0.25) is 0 Å². The Bertz CT molecular complexity index is 231. The van der Waals surface area contributed by atoms with E-state index in [2.05, 4.69) is 30.5 Å². The van der Waals surface area contributed by atoms with E-state index in [1.54, 1.807) is 0 Å². The van der Waals surface area contributed by atoms with E-state index in [1.165, 1.54) is 11.5 Å². The number of carbonyl (C=O) groups excluding carboxylic acids is 1. The van der Waals surface area contributed by atoms with E-state index in [4.69, 9.17) is 0 Å². The molecular formula is C11H19NOS. The summed E-state index contributed by atoms with van der Waals surface area (Å²) in [6.45, 7) is 6.40. The molecule has 2 fully saturated rings. The summed E-state index contributed by atoms with van der Waals surface area (Å²) in [6.07, 6.45) is 0.773. The highest BCUT2D eigenvalue weighted by Crippen LogP contribution is 2.30. The maximum Gasteiger partial charge on any atom is 0.138 e. The molecule has 2 aliphatic rings. The number of hydrogen-bond donors (Lipinski definition) is 0. The van der Waals surface area contributed by atoms with Crippen molar-refractivity contribution in [3.63, 3.8) is 0 Å². The Kier molecular flexibility index (Phi) is 3.17. The molecule has 2 saturated heterocycles. The quantitative estimate of drug-likeness (QED) is 0.660. The first-order valence-electron chi connectivity index (χ1n) is 5.53. The molecule has 14 heavy (non-hydrogen) atoms. The molecule has 0 aromatic carbocycles. The van der Waals surface area contributed by atoms with Crippen molar-refractivity contribution in [2.75, 3.05) is 24.6 Å². The van der Waals surface area contributed by atoms with Crippen molar-refractivity contribution in [3.8, 4) is 0 Å². The van der Waals surface area contributed by atoms with E-state index in [0.29, 0.717) is 5.78 Å². The van der Waals surface area contributed by atoms with E-state index in [0.717, 1.165) is 31.5 Å². The summed E-state index contributed by atoms with van der Waals surface area (Å²) in [4.78, 5) is 13.9. The van der Waals surface area contributed by atoms with Gasteiger partial charge in [-0.2, -0.15) is 11.8 Å². The number of piperidine rings is 1. The summed E-state index contributed by atoms with van der Waals surface area (Å²) < 4.78 is 0. The maximum absolute atomic E-state index is 11.4.